The van der Waals surface area contributed by atoms with Gasteiger partial charge in [0.25, 0.3) is 0 Å². The molecule has 2 N–H and O–H groups in total. The third-order valence-corrected chi connectivity index (χ3v) is 6.34. The Kier molecular flexibility index (Phi) is 5.01. The average Bonchev–Trinajstić information content (AvgIpc) is 3.16. The number of aromatic nitrogens is 2. The summed E-state index contributed by atoms with van der Waals surface area (Å²) in [6, 6.07) is 22.3. The van der Waals surface area contributed by atoms with Gasteiger partial charge >= 0.3 is 0 Å². The van der Waals surface area contributed by atoms with E-state index in [9.17, 15) is 4.79 Å². The molecule has 0 unspecified atom stereocenters. The van der Waals surface area contributed by atoms with E-state index in [0.717, 1.165) is 45.6 Å². The van der Waals surface area contributed by atoms with Crippen LogP contribution in [0.2, 0.25) is 5.02 Å². The molecule has 0 saturated heterocycles. The maximum atomic E-state index is 12.8. The molecular formula is C25H22ClN3O. The number of carbonyl (C=O) groups is 1. The number of aromatic amines is 1. The van der Waals surface area contributed by atoms with Crippen molar-refractivity contribution in [2.75, 3.05) is 5.32 Å². The molecule has 0 spiro atoms. The van der Waals surface area contributed by atoms with Crippen molar-refractivity contribution in [1.82, 2.24) is 10.2 Å². The summed E-state index contributed by atoms with van der Waals surface area (Å²) in [5.74, 6) is 1.61. The zero-order valence-electron chi connectivity index (χ0n) is 16.4. The van der Waals surface area contributed by atoms with Gasteiger partial charge in [-0.2, -0.15) is 5.10 Å². The largest absolute Gasteiger partial charge is 0.311 e. The first-order valence-electron chi connectivity index (χ1n) is 10.2. The molecule has 0 bridgehead atoms. The molecule has 3 aromatic carbocycles. The fraction of sp³-hybridized carbons (Fsp3) is 0.200. The summed E-state index contributed by atoms with van der Waals surface area (Å²) in [5, 5.41) is 13.2. The lowest BCUT2D eigenvalue weighted by Crippen LogP contribution is -2.22. The summed E-state index contributed by atoms with van der Waals surface area (Å²) in [5.41, 5.74) is 3.44. The molecule has 1 aromatic heterocycles. The van der Waals surface area contributed by atoms with Crippen LogP contribution in [0, 0.1) is 0 Å². The van der Waals surface area contributed by atoms with Gasteiger partial charge in [-0.3, -0.25) is 9.89 Å². The Morgan fingerprint density at radius 3 is 2.60 bits per heavy atom. The van der Waals surface area contributed by atoms with E-state index in [1.807, 2.05) is 42.6 Å². The highest BCUT2D eigenvalue weighted by atomic mass is 35.5. The molecule has 1 heterocycles. The highest BCUT2D eigenvalue weighted by Crippen LogP contribution is 2.49. The van der Waals surface area contributed by atoms with E-state index in [1.165, 1.54) is 5.56 Å². The van der Waals surface area contributed by atoms with Crippen molar-refractivity contribution in [2.45, 2.75) is 31.1 Å². The highest BCUT2D eigenvalue weighted by molar-refractivity contribution is 6.30. The van der Waals surface area contributed by atoms with Crippen LogP contribution in [0.5, 0.6) is 0 Å². The van der Waals surface area contributed by atoms with Crippen LogP contribution in [0.15, 0.2) is 72.9 Å². The van der Waals surface area contributed by atoms with E-state index in [-0.39, 0.29) is 5.91 Å². The van der Waals surface area contributed by atoms with Gasteiger partial charge in [0, 0.05) is 10.6 Å². The summed E-state index contributed by atoms with van der Waals surface area (Å²) in [6.07, 6.45) is 4.27. The van der Waals surface area contributed by atoms with Crippen LogP contribution in [0.4, 0.5) is 5.82 Å². The number of anilines is 1. The monoisotopic (exact) mass is 415 g/mol. The minimum Gasteiger partial charge on any atom is -0.311 e. The van der Waals surface area contributed by atoms with E-state index in [0.29, 0.717) is 18.3 Å². The van der Waals surface area contributed by atoms with Gasteiger partial charge in [-0.1, -0.05) is 66.2 Å². The quantitative estimate of drug-likeness (QED) is 0.416. The molecule has 5 heteroatoms. The number of hydrogen-bond donors (Lipinski definition) is 2. The minimum atomic E-state index is -0.0366. The summed E-state index contributed by atoms with van der Waals surface area (Å²) >= 11 is 5.99. The van der Waals surface area contributed by atoms with Gasteiger partial charge in [0.2, 0.25) is 5.91 Å². The van der Waals surface area contributed by atoms with E-state index >= 15 is 0 Å². The number of fused-ring (bicyclic) bond motifs is 1. The second kappa shape index (κ2) is 7.96. The smallest absolute Gasteiger partial charge is 0.229 e. The van der Waals surface area contributed by atoms with Crippen LogP contribution in [0.3, 0.4) is 0 Å². The van der Waals surface area contributed by atoms with Gasteiger partial charge in [-0.05, 0) is 58.7 Å². The molecule has 1 aliphatic carbocycles. The minimum absolute atomic E-state index is 0.0366. The van der Waals surface area contributed by atoms with Crippen molar-refractivity contribution >= 4 is 34.1 Å². The maximum absolute atomic E-state index is 12.8. The molecule has 0 aliphatic heterocycles. The van der Waals surface area contributed by atoms with Crippen molar-refractivity contribution in [1.29, 1.82) is 0 Å². The number of carbonyl (C=O) groups excluding carboxylic acids is 1. The van der Waals surface area contributed by atoms with Crippen LogP contribution >= 0.6 is 11.6 Å². The van der Waals surface area contributed by atoms with Crippen molar-refractivity contribution in [3.63, 3.8) is 0 Å². The van der Waals surface area contributed by atoms with Crippen molar-refractivity contribution in [2.24, 2.45) is 0 Å². The number of hydrogen-bond acceptors (Lipinski definition) is 2. The number of rotatable bonds is 5. The lowest BCUT2D eigenvalue weighted by Gasteiger charge is -2.35. The van der Waals surface area contributed by atoms with E-state index in [4.69, 9.17) is 11.6 Å². The van der Waals surface area contributed by atoms with Gasteiger partial charge in [0.1, 0.15) is 5.82 Å². The molecule has 1 aliphatic rings. The lowest BCUT2D eigenvalue weighted by molar-refractivity contribution is -0.115. The van der Waals surface area contributed by atoms with Crippen LogP contribution in [0.1, 0.15) is 41.4 Å². The predicted octanol–water partition coefficient (Wildman–Crippen LogP) is 6.06. The van der Waals surface area contributed by atoms with E-state index in [1.54, 1.807) is 0 Å². The number of halogens is 1. The molecular weight excluding hydrogens is 394 g/mol. The third-order valence-electron chi connectivity index (χ3n) is 6.08. The molecule has 1 amide bonds. The molecule has 1 fully saturated rings. The van der Waals surface area contributed by atoms with Crippen LogP contribution in [-0.2, 0) is 11.2 Å². The number of nitrogens with zero attached hydrogens (tertiary/aromatic N) is 1. The van der Waals surface area contributed by atoms with Gasteiger partial charge in [0.15, 0.2) is 0 Å². The van der Waals surface area contributed by atoms with Gasteiger partial charge in [-0.25, -0.2) is 0 Å². The fourth-order valence-corrected chi connectivity index (χ4v) is 4.51. The summed E-state index contributed by atoms with van der Waals surface area (Å²) in [7, 11) is 0. The number of nitrogens with one attached hydrogen (secondary N) is 2. The summed E-state index contributed by atoms with van der Waals surface area (Å²) < 4.78 is 0. The Morgan fingerprint density at radius 2 is 1.77 bits per heavy atom. The molecule has 5 rings (SSSR count). The van der Waals surface area contributed by atoms with Gasteiger partial charge in [-0.15, -0.1) is 0 Å². The van der Waals surface area contributed by atoms with Crippen LogP contribution in [0.25, 0.3) is 10.8 Å². The Bertz CT molecular complexity index is 1190. The summed E-state index contributed by atoms with van der Waals surface area (Å²) in [6.45, 7) is 0. The third kappa shape index (κ3) is 3.71. The zero-order valence-corrected chi connectivity index (χ0v) is 17.2. The van der Waals surface area contributed by atoms with Crippen LogP contribution < -0.4 is 5.32 Å². The van der Waals surface area contributed by atoms with Gasteiger partial charge in [0.05, 0.1) is 12.6 Å². The number of benzene rings is 3. The maximum Gasteiger partial charge on any atom is 0.229 e. The Morgan fingerprint density at radius 1 is 1.00 bits per heavy atom. The number of H-pyrrole nitrogens is 1. The Labute approximate surface area is 180 Å². The SMILES string of the molecule is O=C(Cc1cccc2ccccc12)Nc1[nH]ncc1C1CC(c2ccc(Cl)cc2)C1. The topological polar surface area (TPSA) is 57.8 Å². The first-order chi connectivity index (χ1) is 14.7. The zero-order chi connectivity index (χ0) is 20.5. The second-order valence-corrected chi connectivity index (χ2v) is 8.42. The Balaban J connectivity index is 1.25. The van der Waals surface area contributed by atoms with Crippen LogP contribution in [-0.4, -0.2) is 16.1 Å². The lowest BCUT2D eigenvalue weighted by atomic mass is 9.69. The number of amides is 1. The van der Waals surface area contributed by atoms with Gasteiger partial charge < -0.3 is 5.32 Å². The first kappa shape index (κ1) is 18.9. The standard InChI is InChI=1S/C25H22ClN3O/c26-21-10-8-16(9-11-21)19-12-20(13-19)23-15-27-29-25(23)28-24(30)14-18-6-3-5-17-4-1-2-7-22(17)18/h1-11,15,19-20H,12-14H2,(H2,27,28,29,30). The predicted molar refractivity (Wildman–Crippen MR) is 121 cm³/mol. The van der Waals surface area contributed by atoms with E-state index in [2.05, 4.69) is 45.8 Å². The molecule has 30 heavy (non-hydrogen) atoms. The normalized spacial score (nSPS) is 18.2. The molecule has 4 nitrogen and oxygen atoms in total. The fourth-order valence-electron chi connectivity index (χ4n) is 4.39. The Hall–Kier alpha value is -3.11. The molecule has 150 valence electrons. The molecule has 1 saturated carbocycles. The van der Waals surface area contributed by atoms with Crippen molar-refractivity contribution in [3.05, 3.63) is 94.6 Å². The van der Waals surface area contributed by atoms with E-state index < -0.39 is 0 Å². The first-order valence-corrected chi connectivity index (χ1v) is 10.6. The second-order valence-electron chi connectivity index (χ2n) is 7.98. The highest BCUT2D eigenvalue weighted by Gasteiger charge is 2.33. The average molecular weight is 416 g/mol. The molecule has 0 atom stereocenters. The molecule has 0 radical (unpaired) electrons. The summed E-state index contributed by atoms with van der Waals surface area (Å²) in [4.78, 5) is 12.8. The van der Waals surface area contributed by atoms with Crippen molar-refractivity contribution in [3.8, 4) is 0 Å². The molecule has 4 aromatic rings. The van der Waals surface area contributed by atoms with Crippen molar-refractivity contribution < 1.29 is 4.79 Å².